The predicted molar refractivity (Wildman–Crippen MR) is 86.2 cm³/mol. The van der Waals surface area contributed by atoms with Crippen molar-refractivity contribution in [2.24, 2.45) is 0 Å². The number of ketones is 1. The third-order valence-corrected chi connectivity index (χ3v) is 3.84. The first-order valence-corrected chi connectivity index (χ1v) is 7.56. The topological polar surface area (TPSA) is 35.5 Å². The van der Waals surface area contributed by atoms with Gasteiger partial charge in [0.25, 0.3) is 0 Å². The van der Waals surface area contributed by atoms with Gasteiger partial charge in [-0.3, -0.25) is 4.79 Å². The molecule has 4 heteroatoms. The van der Waals surface area contributed by atoms with E-state index in [2.05, 4.69) is 22.6 Å². The van der Waals surface area contributed by atoms with E-state index in [0.29, 0.717) is 6.61 Å². The molecule has 1 aromatic rings. The zero-order chi connectivity index (χ0) is 14.6. The molecule has 0 spiro atoms. The van der Waals surface area contributed by atoms with Crippen molar-refractivity contribution in [1.82, 2.24) is 0 Å². The van der Waals surface area contributed by atoms with Gasteiger partial charge >= 0.3 is 0 Å². The Hall–Kier alpha value is -0.980. The molecule has 0 amide bonds. The normalized spacial score (nSPS) is 16.9. The minimum atomic E-state index is -0.957. The molecule has 0 N–H and O–H groups in total. The lowest BCUT2D eigenvalue weighted by Crippen LogP contribution is -2.36. The molecule has 3 nitrogen and oxygen atoms in total. The minimum Gasteiger partial charge on any atom is -0.340 e. The number of rotatable bonds is 5. The van der Waals surface area contributed by atoms with Crippen LogP contribution < -0.4 is 0 Å². The Morgan fingerprint density at radius 1 is 1.20 bits per heavy atom. The Bertz CT molecular complexity index is 530. The quantitative estimate of drug-likeness (QED) is 0.575. The molecule has 0 heterocycles. The maximum Gasteiger partial charge on any atom is 0.209 e. The first-order valence-electron chi connectivity index (χ1n) is 6.48. The second kappa shape index (κ2) is 6.65. The maximum absolute atomic E-state index is 11.3. The molecule has 0 saturated heterocycles. The van der Waals surface area contributed by atoms with Crippen LogP contribution in [0, 0.1) is 3.57 Å². The molecule has 0 saturated carbocycles. The fraction of sp³-hybridized carbons (Fsp3) is 0.312. The second-order valence-corrected chi connectivity index (χ2v) is 6.00. The summed E-state index contributed by atoms with van der Waals surface area (Å²) in [5, 5.41) is 0. The molecular formula is C16H17IO3. The van der Waals surface area contributed by atoms with E-state index in [4.69, 9.17) is 9.47 Å². The van der Waals surface area contributed by atoms with E-state index in [1.165, 1.54) is 12.2 Å². The maximum atomic E-state index is 11.3. The summed E-state index contributed by atoms with van der Waals surface area (Å²) in [5.74, 6) is -1.01. The van der Waals surface area contributed by atoms with Gasteiger partial charge in [-0.1, -0.05) is 18.2 Å². The molecule has 0 fully saturated rings. The van der Waals surface area contributed by atoms with Gasteiger partial charge < -0.3 is 9.47 Å². The number of halogens is 1. The van der Waals surface area contributed by atoms with E-state index in [1.54, 1.807) is 12.2 Å². The molecule has 0 radical (unpaired) electrons. The number of allylic oxidation sites excluding steroid dienone is 2. The summed E-state index contributed by atoms with van der Waals surface area (Å²) in [4.78, 5) is 11.3. The van der Waals surface area contributed by atoms with Crippen LogP contribution in [0.15, 0.2) is 48.6 Å². The van der Waals surface area contributed by atoms with Gasteiger partial charge in [0.1, 0.15) is 0 Å². The molecule has 0 atom stereocenters. The van der Waals surface area contributed by atoms with Gasteiger partial charge in [-0.25, -0.2) is 0 Å². The highest BCUT2D eigenvalue weighted by Gasteiger charge is 2.30. The second-order valence-electron chi connectivity index (χ2n) is 4.84. The van der Waals surface area contributed by atoms with Gasteiger partial charge in [0.15, 0.2) is 5.78 Å². The molecule has 0 aromatic heterocycles. The van der Waals surface area contributed by atoms with Crippen molar-refractivity contribution in [3.63, 3.8) is 0 Å². The summed E-state index contributed by atoms with van der Waals surface area (Å²) >= 11 is 2.28. The van der Waals surface area contributed by atoms with E-state index in [9.17, 15) is 4.79 Å². The summed E-state index contributed by atoms with van der Waals surface area (Å²) < 4.78 is 12.9. The van der Waals surface area contributed by atoms with Crippen molar-refractivity contribution in [3.8, 4) is 0 Å². The van der Waals surface area contributed by atoms with Crippen molar-refractivity contribution < 1.29 is 14.3 Å². The predicted octanol–water partition coefficient (Wildman–Crippen LogP) is 3.62. The SMILES string of the molecule is CC(C)OC1(OCc2ccccc2I)C=CC(=O)C=C1. The van der Waals surface area contributed by atoms with Crippen molar-refractivity contribution >= 4 is 28.4 Å². The molecule has 1 aromatic carbocycles. The average molecular weight is 384 g/mol. The van der Waals surface area contributed by atoms with Crippen LogP contribution in [0.25, 0.3) is 0 Å². The summed E-state index contributed by atoms with van der Waals surface area (Å²) in [6.07, 6.45) is 6.31. The third-order valence-electron chi connectivity index (χ3n) is 2.79. The van der Waals surface area contributed by atoms with E-state index in [-0.39, 0.29) is 11.9 Å². The van der Waals surface area contributed by atoms with Crippen LogP contribution in [0.1, 0.15) is 19.4 Å². The summed E-state index contributed by atoms with van der Waals surface area (Å²) in [5.41, 5.74) is 1.10. The van der Waals surface area contributed by atoms with E-state index < -0.39 is 5.79 Å². The summed E-state index contributed by atoms with van der Waals surface area (Å²) in [7, 11) is 0. The number of benzene rings is 1. The van der Waals surface area contributed by atoms with Crippen molar-refractivity contribution in [3.05, 3.63) is 57.7 Å². The number of hydrogen-bond acceptors (Lipinski definition) is 3. The fourth-order valence-corrected chi connectivity index (χ4v) is 2.43. The van der Waals surface area contributed by atoms with Gasteiger partial charge in [-0.15, -0.1) is 0 Å². The van der Waals surface area contributed by atoms with Crippen molar-refractivity contribution in [2.45, 2.75) is 32.3 Å². The minimum absolute atomic E-state index is 0.00709. The van der Waals surface area contributed by atoms with Gasteiger partial charge in [0.2, 0.25) is 5.79 Å². The Balaban J connectivity index is 2.13. The first kappa shape index (κ1) is 15.4. The van der Waals surface area contributed by atoms with E-state index in [1.807, 2.05) is 38.1 Å². The molecule has 2 rings (SSSR count). The Morgan fingerprint density at radius 3 is 2.45 bits per heavy atom. The van der Waals surface area contributed by atoms with Crippen LogP contribution in [-0.2, 0) is 20.9 Å². The van der Waals surface area contributed by atoms with Crippen LogP contribution >= 0.6 is 22.6 Å². The number of ether oxygens (including phenoxy) is 2. The number of hydrogen-bond donors (Lipinski definition) is 0. The largest absolute Gasteiger partial charge is 0.340 e. The summed E-state index contributed by atoms with van der Waals surface area (Å²) in [6.45, 7) is 4.31. The smallest absolute Gasteiger partial charge is 0.209 e. The molecule has 0 unspecified atom stereocenters. The highest BCUT2D eigenvalue weighted by molar-refractivity contribution is 14.1. The highest BCUT2D eigenvalue weighted by Crippen LogP contribution is 2.25. The lowest BCUT2D eigenvalue weighted by Gasteiger charge is -2.31. The monoisotopic (exact) mass is 384 g/mol. The lowest BCUT2D eigenvalue weighted by molar-refractivity contribution is -0.198. The molecule has 106 valence electrons. The zero-order valence-corrected chi connectivity index (χ0v) is 13.7. The average Bonchev–Trinajstić information content (AvgIpc) is 2.41. The molecular weight excluding hydrogens is 367 g/mol. The Labute approximate surface area is 132 Å². The Kier molecular flexibility index (Phi) is 5.12. The van der Waals surface area contributed by atoms with Gasteiger partial charge in [0.05, 0.1) is 12.7 Å². The van der Waals surface area contributed by atoms with E-state index in [0.717, 1.165) is 9.13 Å². The zero-order valence-electron chi connectivity index (χ0n) is 11.5. The van der Waals surface area contributed by atoms with Crippen LogP contribution in [0.3, 0.4) is 0 Å². The molecule has 0 aliphatic heterocycles. The van der Waals surface area contributed by atoms with Crippen LogP contribution in [-0.4, -0.2) is 17.7 Å². The van der Waals surface area contributed by atoms with Crippen molar-refractivity contribution in [1.29, 1.82) is 0 Å². The van der Waals surface area contributed by atoms with Crippen molar-refractivity contribution in [2.75, 3.05) is 0 Å². The van der Waals surface area contributed by atoms with E-state index >= 15 is 0 Å². The fourth-order valence-electron chi connectivity index (χ4n) is 1.89. The highest BCUT2D eigenvalue weighted by atomic mass is 127. The molecule has 0 bridgehead atoms. The van der Waals surface area contributed by atoms with Crippen LogP contribution in [0.4, 0.5) is 0 Å². The van der Waals surface area contributed by atoms with Gasteiger partial charge in [0, 0.05) is 3.57 Å². The number of carbonyl (C=O) groups excluding carboxylic acids is 1. The standard InChI is InChI=1S/C16H17IO3/c1-12(2)20-16(9-7-14(18)8-10-16)19-11-13-5-3-4-6-15(13)17/h3-10,12H,11H2,1-2H3. The Morgan fingerprint density at radius 2 is 1.85 bits per heavy atom. The van der Waals surface area contributed by atoms with Gasteiger partial charge in [-0.2, -0.15) is 0 Å². The molecule has 20 heavy (non-hydrogen) atoms. The molecule has 1 aliphatic carbocycles. The lowest BCUT2D eigenvalue weighted by atomic mass is 10.1. The van der Waals surface area contributed by atoms with Gasteiger partial charge in [-0.05, 0) is 72.4 Å². The van der Waals surface area contributed by atoms with Crippen LogP contribution in [0.5, 0.6) is 0 Å². The summed E-state index contributed by atoms with van der Waals surface area (Å²) in [6, 6.07) is 8.02. The number of carbonyl (C=O) groups is 1. The first-order chi connectivity index (χ1) is 9.51. The molecule has 1 aliphatic rings. The van der Waals surface area contributed by atoms with Crippen LogP contribution in [0.2, 0.25) is 0 Å². The third kappa shape index (κ3) is 4.01.